The van der Waals surface area contributed by atoms with Gasteiger partial charge in [0.1, 0.15) is 63.8 Å². The Morgan fingerprint density at radius 1 is 0.351 bits per heavy atom. The summed E-state index contributed by atoms with van der Waals surface area (Å²) in [4.78, 5) is 3.46. The van der Waals surface area contributed by atoms with Crippen LogP contribution in [0.3, 0.4) is 0 Å². The molecule has 4 saturated carbocycles. The van der Waals surface area contributed by atoms with Crippen LogP contribution in [0, 0.1) is 79.1 Å². The van der Waals surface area contributed by atoms with Gasteiger partial charge in [-0.1, -0.05) is 0 Å². The zero-order valence-electron chi connectivity index (χ0n) is 51.8. The SMILES string of the molecule is Cl.Cl.N#Cc1ccc(F)cc1.N#Cc1ccc(F)cn1.N#Cc1ccc(OC2CCC(O)CC2)cc1.N#Cc1ccc(OC2CCC(Oc3ccc(C#N)cc3)CC2)cc1.N=C(N)c1ccc(OC2CCC(Oc3ccc(C(=N)N)cc3)CC2)cc1.OC1CCC(O)CC1. The van der Waals surface area contributed by atoms with Gasteiger partial charge in [-0.05, 0) is 260 Å². The van der Waals surface area contributed by atoms with E-state index in [1.807, 2.05) is 66.7 Å². The first-order chi connectivity index (χ1) is 44.5. The fourth-order valence-corrected chi connectivity index (χ4v) is 9.94. The number of pyridine rings is 1. The summed E-state index contributed by atoms with van der Waals surface area (Å²) in [5.41, 5.74) is 15.0. The van der Waals surface area contributed by atoms with E-state index in [2.05, 4.69) is 23.2 Å². The summed E-state index contributed by atoms with van der Waals surface area (Å²) < 4.78 is 54.0. The predicted molar refractivity (Wildman–Crippen MR) is 357 cm³/mol. The normalized spacial score (nSPS) is 19.7. The molecule has 0 amide bonds. The largest absolute Gasteiger partial charge is 0.490 e. The van der Waals surface area contributed by atoms with Gasteiger partial charge in [0.2, 0.25) is 0 Å². The van der Waals surface area contributed by atoms with Crippen molar-refractivity contribution < 1.29 is 47.8 Å². The monoisotopic (exact) mass is 1320 g/mol. The Labute approximate surface area is 560 Å². The van der Waals surface area contributed by atoms with Crippen molar-refractivity contribution in [2.75, 3.05) is 0 Å². The van der Waals surface area contributed by atoms with Crippen molar-refractivity contribution in [3.63, 3.8) is 0 Å². The highest BCUT2D eigenvalue weighted by Gasteiger charge is 2.26. The van der Waals surface area contributed by atoms with E-state index in [0.29, 0.717) is 33.4 Å². The van der Waals surface area contributed by atoms with Gasteiger partial charge in [0, 0.05) is 11.1 Å². The highest BCUT2D eigenvalue weighted by molar-refractivity contribution is 5.95. The van der Waals surface area contributed by atoms with Gasteiger partial charge in [0.25, 0.3) is 0 Å². The van der Waals surface area contributed by atoms with Crippen LogP contribution < -0.4 is 35.2 Å². The van der Waals surface area contributed by atoms with Crippen LogP contribution >= 0.6 is 24.8 Å². The summed E-state index contributed by atoms with van der Waals surface area (Å²) in [7, 11) is 0. The van der Waals surface area contributed by atoms with E-state index in [9.17, 15) is 13.9 Å². The van der Waals surface area contributed by atoms with Crippen LogP contribution in [0.5, 0.6) is 28.7 Å². The minimum atomic E-state index is -0.422. The second-order valence-corrected chi connectivity index (χ2v) is 22.2. The Balaban J connectivity index is 0.000000253. The maximum atomic E-state index is 12.1. The molecular formula is C72H78Cl2F2N10O8. The standard InChI is InChI=1S/C20H24N4O2.C20H18N2O2.C13H15NO2.C7H4FN.C6H3FN2.C6H12O2.2ClH/c21-19(22)13-1-5-15(6-2-13)25-17-9-11-18(12-10-17)26-16-7-3-14(4-8-16)20(23)24;21-13-15-1-5-17(6-2-15)23-19-9-11-20(12-10-19)24-18-7-3-16(14-22)4-8-18;14-9-10-1-5-12(6-2-10)16-13-7-3-11(15)4-8-13;8-7-3-1-6(5-9)2-4-7;7-5-1-2-6(3-8)9-4-5;7-5-1-2-6(8)4-3-5;;/h1-8,17-18H,9-12H2,(H3,21,22)(H3,23,24);1-8,19-20H,9-12H2;1-2,5-6,11,13,15H,3-4,7-8H2;1-4H;1-2,4H;5-8H,1-4H2;2*1H. The lowest BCUT2D eigenvalue weighted by atomic mass is 9.95. The number of aliphatic hydroxyl groups is 3. The molecule has 11 rings (SSSR count). The molecule has 0 aliphatic heterocycles. The quantitative estimate of drug-likeness (QED) is 0.0441. The minimum absolute atomic E-state index is 0. The van der Waals surface area contributed by atoms with Gasteiger partial charge in [-0.15, -0.1) is 24.8 Å². The summed E-state index contributed by atoms with van der Waals surface area (Å²) in [5.74, 6) is 3.42. The number of hydrogen-bond acceptors (Lipinski definition) is 16. The lowest BCUT2D eigenvalue weighted by molar-refractivity contribution is 0.0541. The summed E-state index contributed by atoms with van der Waals surface area (Å²) in [5, 5.41) is 84.8. The average Bonchev–Trinajstić information content (AvgIpc) is 1.10. The molecule has 1 aromatic heterocycles. The number of hydrogen-bond donors (Lipinski definition) is 7. The van der Waals surface area contributed by atoms with Crippen molar-refractivity contribution in [1.82, 2.24) is 4.98 Å². The molecule has 0 bridgehead atoms. The number of nitrogens with one attached hydrogen (secondary N) is 2. The molecule has 0 saturated heterocycles. The molecule has 0 atom stereocenters. The number of halogens is 4. The molecule has 4 aliphatic rings. The molecule has 0 radical (unpaired) electrons. The van der Waals surface area contributed by atoms with Crippen molar-refractivity contribution in [2.45, 2.75) is 152 Å². The number of ether oxygens (including phenoxy) is 5. The highest BCUT2D eigenvalue weighted by atomic mass is 35.5. The van der Waals surface area contributed by atoms with Crippen LogP contribution in [0.25, 0.3) is 0 Å². The smallest absolute Gasteiger partial charge is 0.141 e. The number of amidine groups is 2. The molecule has 0 unspecified atom stereocenters. The van der Waals surface area contributed by atoms with E-state index in [1.165, 1.54) is 36.4 Å². The third-order valence-electron chi connectivity index (χ3n) is 15.2. The van der Waals surface area contributed by atoms with Gasteiger partial charge in [0.15, 0.2) is 0 Å². The molecule has 1 heterocycles. The third-order valence-corrected chi connectivity index (χ3v) is 15.2. The Morgan fingerprint density at radius 3 is 0.798 bits per heavy atom. The Bertz CT molecular complexity index is 3370. The van der Waals surface area contributed by atoms with E-state index >= 15 is 0 Å². The first kappa shape index (κ1) is 76.6. The number of nitrogens with zero attached hydrogens (tertiary/aromatic N) is 6. The van der Waals surface area contributed by atoms with Crippen molar-refractivity contribution in [3.8, 4) is 59.1 Å². The molecule has 94 heavy (non-hydrogen) atoms. The van der Waals surface area contributed by atoms with E-state index in [1.54, 1.807) is 66.7 Å². The molecule has 7 aromatic rings. The Hall–Kier alpha value is -9.82. The second-order valence-electron chi connectivity index (χ2n) is 22.2. The molecule has 6 aromatic carbocycles. The summed E-state index contributed by atoms with van der Waals surface area (Å²) >= 11 is 0. The van der Waals surface area contributed by atoms with Crippen LogP contribution in [0.4, 0.5) is 8.78 Å². The van der Waals surface area contributed by atoms with Crippen LogP contribution in [0.2, 0.25) is 0 Å². The van der Waals surface area contributed by atoms with E-state index in [4.69, 9.17) is 82.5 Å². The summed E-state index contributed by atoms with van der Waals surface area (Å²) in [6.45, 7) is 0. The van der Waals surface area contributed by atoms with E-state index < -0.39 is 5.82 Å². The molecule has 22 heteroatoms. The van der Waals surface area contributed by atoms with Crippen LogP contribution in [0.15, 0.2) is 164 Å². The third kappa shape index (κ3) is 28.4. The Morgan fingerprint density at radius 2 is 0.574 bits per heavy atom. The minimum Gasteiger partial charge on any atom is -0.490 e. The number of nitrogen functional groups attached to an aromatic ring is 2. The topological polar surface area (TPSA) is 338 Å². The summed E-state index contributed by atoms with van der Waals surface area (Å²) in [6, 6.07) is 54.2. The van der Waals surface area contributed by atoms with Crippen molar-refractivity contribution in [2.24, 2.45) is 11.5 Å². The first-order valence-electron chi connectivity index (χ1n) is 30.4. The van der Waals surface area contributed by atoms with Crippen LogP contribution in [-0.2, 0) is 0 Å². The van der Waals surface area contributed by atoms with Gasteiger partial charge < -0.3 is 50.5 Å². The molecular weight excluding hydrogens is 1240 g/mol. The number of nitrogens with two attached hydrogens (primary N) is 2. The van der Waals surface area contributed by atoms with Crippen molar-refractivity contribution >= 4 is 36.5 Å². The fraction of sp³-hybridized carbons (Fsp3) is 0.333. The predicted octanol–water partition coefficient (Wildman–Crippen LogP) is 13.4. The number of aliphatic hydroxyl groups excluding tert-OH is 3. The maximum Gasteiger partial charge on any atom is 0.141 e. The zero-order chi connectivity index (χ0) is 66.0. The number of aromatic nitrogens is 1. The van der Waals surface area contributed by atoms with Gasteiger partial charge in [-0.2, -0.15) is 26.3 Å². The van der Waals surface area contributed by atoms with Gasteiger partial charge in [0.05, 0.1) is 102 Å². The molecule has 492 valence electrons. The zero-order valence-corrected chi connectivity index (χ0v) is 53.4. The Kier molecular flexibility index (Phi) is 33.9. The van der Waals surface area contributed by atoms with Gasteiger partial charge in [-0.3, -0.25) is 10.8 Å². The van der Waals surface area contributed by atoms with Crippen molar-refractivity contribution in [1.29, 1.82) is 37.1 Å². The molecule has 18 nitrogen and oxygen atoms in total. The lowest BCUT2D eigenvalue weighted by Gasteiger charge is -2.29. The maximum absolute atomic E-state index is 12.1. The average molecular weight is 1320 g/mol. The lowest BCUT2D eigenvalue weighted by Crippen LogP contribution is -2.30. The van der Waals surface area contributed by atoms with Crippen molar-refractivity contribution in [3.05, 3.63) is 215 Å². The molecule has 0 spiro atoms. The molecule has 4 aliphatic carbocycles. The number of rotatable bonds is 12. The van der Waals surface area contributed by atoms with E-state index in [-0.39, 0.29) is 96.8 Å². The van der Waals surface area contributed by atoms with Crippen LogP contribution in [0.1, 0.15) is 142 Å². The van der Waals surface area contributed by atoms with E-state index in [0.717, 1.165) is 138 Å². The number of benzene rings is 6. The number of nitriles is 5. The highest BCUT2D eigenvalue weighted by Crippen LogP contribution is 2.30. The molecule has 9 N–H and O–H groups in total. The fourth-order valence-electron chi connectivity index (χ4n) is 9.94. The second kappa shape index (κ2) is 41.6. The first-order valence-corrected chi connectivity index (χ1v) is 30.4. The van der Waals surface area contributed by atoms with Crippen LogP contribution in [-0.4, -0.2) is 80.8 Å². The van der Waals surface area contributed by atoms with Gasteiger partial charge in [-0.25, -0.2) is 13.8 Å². The van der Waals surface area contributed by atoms with Gasteiger partial charge >= 0.3 is 0 Å². The summed E-state index contributed by atoms with van der Waals surface area (Å²) in [6.07, 6.45) is 15.6. The molecule has 4 fully saturated rings.